The molecule has 1 saturated carbocycles. The third-order valence-corrected chi connectivity index (χ3v) is 8.98. The Kier molecular flexibility index (Phi) is 24.9. The Labute approximate surface area is 278 Å². The van der Waals surface area contributed by atoms with Crippen LogP contribution in [0.1, 0.15) is 155 Å². The highest BCUT2D eigenvalue weighted by Crippen LogP contribution is 2.36. The van der Waals surface area contributed by atoms with Gasteiger partial charge in [0.15, 0.2) is 0 Å². The number of carbonyl (C=O) groups is 3. The molecular weight excluding hydrogens is 588 g/mol. The SMILES string of the molecule is CCCCCCCCCCCCCC(=O)OC[C@@H](O)COC(=O)CCCCC(=O)C[C@@H]1[C@@H](/C=C/[C@@H](O)CCCCC)[C@H](O)C[C@@H]1O. The summed E-state index contributed by atoms with van der Waals surface area (Å²) in [4.78, 5) is 36.6. The Bertz CT molecular complexity index is 830. The molecule has 9 heteroatoms. The van der Waals surface area contributed by atoms with E-state index in [4.69, 9.17) is 9.47 Å². The predicted octanol–water partition coefficient (Wildman–Crippen LogP) is 6.51. The van der Waals surface area contributed by atoms with Crippen LogP contribution in [-0.4, -0.2) is 75.8 Å². The van der Waals surface area contributed by atoms with Crippen LogP contribution in [0.15, 0.2) is 12.2 Å². The summed E-state index contributed by atoms with van der Waals surface area (Å²) < 4.78 is 10.2. The van der Waals surface area contributed by atoms with Gasteiger partial charge in [-0.15, -0.1) is 0 Å². The number of Topliss-reactive ketones (excluding diaryl/α,β-unsaturated/α-hetero) is 1. The number of unbranched alkanes of at least 4 members (excludes halogenated alkanes) is 13. The second kappa shape index (κ2) is 27.2. The minimum atomic E-state index is -1.08. The lowest BCUT2D eigenvalue weighted by Crippen LogP contribution is -2.25. The lowest BCUT2D eigenvalue weighted by Gasteiger charge is -2.20. The molecule has 0 heterocycles. The molecule has 1 aliphatic rings. The van der Waals surface area contributed by atoms with Crippen molar-refractivity contribution in [2.75, 3.05) is 13.2 Å². The first-order valence-electron chi connectivity index (χ1n) is 18.4. The Balaban J connectivity index is 2.12. The van der Waals surface area contributed by atoms with Crippen molar-refractivity contribution in [1.82, 2.24) is 0 Å². The summed E-state index contributed by atoms with van der Waals surface area (Å²) in [5, 5.41) is 41.0. The zero-order chi connectivity index (χ0) is 34.0. The minimum Gasteiger partial charge on any atom is -0.463 e. The summed E-state index contributed by atoms with van der Waals surface area (Å²) in [6.07, 6.45) is 19.0. The molecule has 0 aliphatic heterocycles. The van der Waals surface area contributed by atoms with Gasteiger partial charge >= 0.3 is 11.9 Å². The molecule has 0 aromatic heterocycles. The average Bonchev–Trinajstić information content (AvgIpc) is 3.29. The first kappa shape index (κ1) is 42.2. The number of aliphatic hydroxyl groups excluding tert-OH is 4. The van der Waals surface area contributed by atoms with Gasteiger partial charge in [-0.2, -0.15) is 0 Å². The molecule has 1 fully saturated rings. The molecule has 6 atom stereocenters. The smallest absolute Gasteiger partial charge is 0.305 e. The molecule has 0 unspecified atom stereocenters. The van der Waals surface area contributed by atoms with Crippen LogP contribution in [0.25, 0.3) is 0 Å². The maximum Gasteiger partial charge on any atom is 0.305 e. The van der Waals surface area contributed by atoms with Crippen molar-refractivity contribution in [2.24, 2.45) is 11.8 Å². The summed E-state index contributed by atoms with van der Waals surface area (Å²) in [5.41, 5.74) is 0. The summed E-state index contributed by atoms with van der Waals surface area (Å²) in [5.74, 6) is -1.67. The van der Waals surface area contributed by atoms with Crippen LogP contribution in [-0.2, 0) is 23.9 Å². The molecule has 1 aliphatic carbocycles. The van der Waals surface area contributed by atoms with Crippen molar-refractivity contribution in [3.8, 4) is 0 Å². The van der Waals surface area contributed by atoms with Gasteiger partial charge in [0, 0.05) is 43.9 Å². The highest BCUT2D eigenvalue weighted by molar-refractivity contribution is 5.79. The van der Waals surface area contributed by atoms with E-state index in [1.165, 1.54) is 51.4 Å². The lowest BCUT2D eigenvalue weighted by molar-refractivity contribution is -0.152. The van der Waals surface area contributed by atoms with Crippen LogP contribution in [0, 0.1) is 11.8 Å². The maximum absolute atomic E-state index is 12.6. The highest BCUT2D eigenvalue weighted by Gasteiger charge is 2.41. The topological polar surface area (TPSA) is 151 Å². The standard InChI is InChI=1S/C37H66O9/c1-3-5-7-8-9-10-11-12-13-14-16-21-36(43)45-27-31(40)28-46-37(44)22-18-17-20-30(39)25-33-32(34(41)26-35(33)42)24-23-29(38)19-15-6-4-2/h23-24,29,31-35,38,40-42H,3-22,25-28H2,1-2H3/b24-23+/t29-,31+,32+,33+,34+,35-/m0/s1. The molecule has 0 aromatic carbocycles. The molecule has 0 radical (unpaired) electrons. The second-order valence-corrected chi connectivity index (χ2v) is 13.3. The second-order valence-electron chi connectivity index (χ2n) is 13.3. The van der Waals surface area contributed by atoms with E-state index in [2.05, 4.69) is 13.8 Å². The van der Waals surface area contributed by atoms with E-state index in [-0.39, 0.29) is 56.6 Å². The number of carbonyl (C=O) groups excluding carboxylic acids is 3. The quantitative estimate of drug-likeness (QED) is 0.0402. The van der Waals surface area contributed by atoms with E-state index in [1.807, 2.05) is 0 Å². The molecular formula is C37H66O9. The molecule has 0 aromatic rings. The van der Waals surface area contributed by atoms with Crippen molar-refractivity contribution < 1.29 is 44.3 Å². The average molecular weight is 655 g/mol. The number of rotatable bonds is 29. The van der Waals surface area contributed by atoms with Crippen LogP contribution >= 0.6 is 0 Å². The number of ether oxygens (including phenoxy) is 2. The fraction of sp³-hybridized carbons (Fsp3) is 0.865. The summed E-state index contributed by atoms with van der Waals surface area (Å²) in [7, 11) is 0. The van der Waals surface area contributed by atoms with Crippen molar-refractivity contribution in [3.05, 3.63) is 12.2 Å². The van der Waals surface area contributed by atoms with Crippen LogP contribution in [0.3, 0.4) is 0 Å². The third-order valence-electron chi connectivity index (χ3n) is 8.98. The zero-order valence-electron chi connectivity index (χ0n) is 28.9. The zero-order valence-corrected chi connectivity index (χ0v) is 28.9. The fourth-order valence-electron chi connectivity index (χ4n) is 6.08. The molecule has 46 heavy (non-hydrogen) atoms. The van der Waals surface area contributed by atoms with Crippen LogP contribution in [0.5, 0.6) is 0 Å². The van der Waals surface area contributed by atoms with Gasteiger partial charge in [-0.1, -0.05) is 109 Å². The third kappa shape index (κ3) is 21.1. The first-order valence-corrected chi connectivity index (χ1v) is 18.4. The van der Waals surface area contributed by atoms with Gasteiger partial charge < -0.3 is 29.9 Å². The molecule has 4 N–H and O–H groups in total. The Morgan fingerprint density at radius 1 is 0.674 bits per heavy atom. The van der Waals surface area contributed by atoms with Crippen LogP contribution < -0.4 is 0 Å². The molecule has 0 amide bonds. The van der Waals surface area contributed by atoms with E-state index < -0.39 is 36.3 Å². The molecule has 0 bridgehead atoms. The number of esters is 2. The van der Waals surface area contributed by atoms with Gasteiger partial charge in [-0.25, -0.2) is 0 Å². The number of hydrogen-bond acceptors (Lipinski definition) is 9. The fourth-order valence-corrected chi connectivity index (χ4v) is 6.08. The van der Waals surface area contributed by atoms with Crippen molar-refractivity contribution in [3.63, 3.8) is 0 Å². The first-order chi connectivity index (χ1) is 22.2. The largest absolute Gasteiger partial charge is 0.463 e. The minimum absolute atomic E-state index is 0.0428. The molecule has 268 valence electrons. The lowest BCUT2D eigenvalue weighted by atomic mass is 9.87. The van der Waals surface area contributed by atoms with Crippen LogP contribution in [0.4, 0.5) is 0 Å². The Morgan fingerprint density at radius 2 is 1.15 bits per heavy atom. The Hall–Kier alpha value is -1.81. The molecule has 9 nitrogen and oxygen atoms in total. The van der Waals surface area contributed by atoms with Gasteiger partial charge in [-0.3, -0.25) is 14.4 Å². The van der Waals surface area contributed by atoms with Crippen molar-refractivity contribution in [2.45, 2.75) is 180 Å². The van der Waals surface area contributed by atoms with Gasteiger partial charge in [0.25, 0.3) is 0 Å². The molecule has 1 rings (SSSR count). The van der Waals surface area contributed by atoms with Crippen molar-refractivity contribution >= 4 is 17.7 Å². The summed E-state index contributed by atoms with van der Waals surface area (Å²) >= 11 is 0. The number of hydrogen-bond donors (Lipinski definition) is 4. The maximum atomic E-state index is 12.6. The number of ketones is 1. The van der Waals surface area contributed by atoms with Gasteiger partial charge in [0.1, 0.15) is 25.1 Å². The highest BCUT2D eigenvalue weighted by atomic mass is 16.6. The van der Waals surface area contributed by atoms with Crippen molar-refractivity contribution in [1.29, 1.82) is 0 Å². The van der Waals surface area contributed by atoms with E-state index >= 15 is 0 Å². The van der Waals surface area contributed by atoms with Gasteiger partial charge in [0.05, 0.1) is 18.3 Å². The van der Waals surface area contributed by atoms with E-state index in [0.29, 0.717) is 25.7 Å². The number of aliphatic hydroxyl groups is 4. The molecule has 0 saturated heterocycles. The Morgan fingerprint density at radius 3 is 1.72 bits per heavy atom. The van der Waals surface area contributed by atoms with E-state index in [0.717, 1.165) is 38.5 Å². The van der Waals surface area contributed by atoms with Crippen LogP contribution in [0.2, 0.25) is 0 Å². The molecule has 0 spiro atoms. The summed E-state index contributed by atoms with van der Waals surface area (Å²) in [6.45, 7) is 3.86. The van der Waals surface area contributed by atoms with E-state index in [1.54, 1.807) is 12.2 Å². The van der Waals surface area contributed by atoms with Gasteiger partial charge in [0.2, 0.25) is 0 Å². The monoisotopic (exact) mass is 654 g/mol. The summed E-state index contributed by atoms with van der Waals surface area (Å²) in [6, 6.07) is 0. The van der Waals surface area contributed by atoms with E-state index in [9.17, 15) is 34.8 Å². The van der Waals surface area contributed by atoms with Gasteiger partial charge in [-0.05, 0) is 25.7 Å². The normalized spacial score (nSPS) is 21.0. The predicted molar refractivity (Wildman–Crippen MR) is 180 cm³/mol.